The number of benzene rings is 2. The fraction of sp³-hybridized carbons (Fsp3) is 0. The van der Waals surface area contributed by atoms with Gasteiger partial charge in [0.05, 0.1) is 0 Å². The monoisotopic (exact) mass is 285 g/mol. The predicted octanol–water partition coefficient (Wildman–Crippen LogP) is 2.58. The third-order valence-corrected chi connectivity index (χ3v) is 4.49. The molecule has 17 heavy (non-hydrogen) atoms. The van der Waals surface area contributed by atoms with Gasteiger partial charge in [-0.1, -0.05) is 0 Å². The normalized spacial score (nSPS) is 10.9. The van der Waals surface area contributed by atoms with Crippen LogP contribution >= 0.6 is 0 Å². The molecule has 0 atom stereocenters. The summed E-state index contributed by atoms with van der Waals surface area (Å²) in [5, 5.41) is 8.86. The van der Waals surface area contributed by atoms with E-state index in [1.165, 1.54) is 4.46 Å². The molecule has 0 aliphatic carbocycles. The molecule has 0 heterocycles. The molecular formula is C15H11NSe. The van der Waals surface area contributed by atoms with Crippen LogP contribution in [0.1, 0.15) is 5.56 Å². The SMILES string of the molecule is N#C/C=C(\[Se]c1ccccc1)c1ccccc1. The second kappa shape index (κ2) is 6.06. The first-order valence-electron chi connectivity index (χ1n) is 5.28. The van der Waals surface area contributed by atoms with Gasteiger partial charge in [-0.3, -0.25) is 0 Å². The van der Waals surface area contributed by atoms with Gasteiger partial charge in [0.25, 0.3) is 0 Å². The van der Waals surface area contributed by atoms with Crippen LogP contribution in [-0.2, 0) is 0 Å². The van der Waals surface area contributed by atoms with Crippen molar-refractivity contribution >= 4 is 23.9 Å². The molecule has 0 bridgehead atoms. The Hall–Kier alpha value is -1.81. The van der Waals surface area contributed by atoms with E-state index in [4.69, 9.17) is 5.26 Å². The molecule has 0 radical (unpaired) electrons. The minimum atomic E-state index is 0.179. The molecule has 1 nitrogen and oxygen atoms in total. The molecule has 2 aromatic rings. The number of nitrogens with zero attached hydrogens (tertiary/aromatic N) is 1. The number of hydrogen-bond donors (Lipinski definition) is 0. The second-order valence-electron chi connectivity index (χ2n) is 3.42. The van der Waals surface area contributed by atoms with E-state index in [2.05, 4.69) is 18.2 Å². The van der Waals surface area contributed by atoms with E-state index in [1.807, 2.05) is 48.5 Å². The van der Waals surface area contributed by atoms with Crippen LogP contribution in [-0.4, -0.2) is 15.0 Å². The summed E-state index contributed by atoms with van der Waals surface area (Å²) in [6.07, 6.45) is 1.66. The Balaban J connectivity index is 2.27. The third-order valence-electron chi connectivity index (χ3n) is 2.22. The molecule has 2 rings (SSSR count). The van der Waals surface area contributed by atoms with Gasteiger partial charge in [-0.25, -0.2) is 0 Å². The average molecular weight is 284 g/mol. The molecule has 0 saturated heterocycles. The first-order valence-corrected chi connectivity index (χ1v) is 6.99. The summed E-state index contributed by atoms with van der Waals surface area (Å²) in [6.45, 7) is 0. The van der Waals surface area contributed by atoms with Crippen molar-refractivity contribution < 1.29 is 0 Å². The van der Waals surface area contributed by atoms with Crippen molar-refractivity contribution in [1.82, 2.24) is 0 Å². The zero-order valence-electron chi connectivity index (χ0n) is 9.21. The molecule has 0 aliphatic heterocycles. The molecule has 0 fully saturated rings. The van der Waals surface area contributed by atoms with E-state index in [-0.39, 0.29) is 15.0 Å². The fourth-order valence-electron chi connectivity index (χ4n) is 1.45. The van der Waals surface area contributed by atoms with Gasteiger partial charge >= 0.3 is 108 Å². The quantitative estimate of drug-likeness (QED) is 0.628. The van der Waals surface area contributed by atoms with Crippen LogP contribution in [0.2, 0.25) is 0 Å². The number of hydrogen-bond acceptors (Lipinski definition) is 1. The molecule has 0 unspecified atom stereocenters. The van der Waals surface area contributed by atoms with Crippen molar-refractivity contribution in [1.29, 1.82) is 5.26 Å². The van der Waals surface area contributed by atoms with E-state index >= 15 is 0 Å². The number of allylic oxidation sites excluding steroid dienone is 1. The van der Waals surface area contributed by atoms with Crippen molar-refractivity contribution in [2.75, 3.05) is 0 Å². The van der Waals surface area contributed by atoms with Crippen LogP contribution in [0.5, 0.6) is 0 Å². The summed E-state index contributed by atoms with van der Waals surface area (Å²) >= 11 is 0.179. The predicted molar refractivity (Wildman–Crippen MR) is 71.9 cm³/mol. The summed E-state index contributed by atoms with van der Waals surface area (Å²) in [5.74, 6) is 0. The first-order chi connectivity index (χ1) is 8.40. The van der Waals surface area contributed by atoms with Gasteiger partial charge < -0.3 is 0 Å². The molecule has 2 heteroatoms. The van der Waals surface area contributed by atoms with Crippen LogP contribution in [0.25, 0.3) is 4.47 Å². The maximum atomic E-state index is 8.86. The van der Waals surface area contributed by atoms with Crippen LogP contribution in [0, 0.1) is 11.3 Å². The summed E-state index contributed by atoms with van der Waals surface area (Å²) < 4.78 is 2.40. The Labute approximate surface area is 108 Å². The van der Waals surface area contributed by atoms with E-state index in [9.17, 15) is 0 Å². The van der Waals surface area contributed by atoms with Gasteiger partial charge in [0.15, 0.2) is 0 Å². The fourth-order valence-corrected chi connectivity index (χ4v) is 3.36. The Morgan fingerprint density at radius 3 is 2.12 bits per heavy atom. The summed E-state index contributed by atoms with van der Waals surface area (Å²) in [7, 11) is 0. The van der Waals surface area contributed by atoms with Gasteiger partial charge in [0, 0.05) is 0 Å². The Morgan fingerprint density at radius 1 is 0.941 bits per heavy atom. The maximum absolute atomic E-state index is 8.86. The minimum absolute atomic E-state index is 0.179. The van der Waals surface area contributed by atoms with Crippen LogP contribution in [0.4, 0.5) is 0 Å². The second-order valence-corrected chi connectivity index (χ2v) is 5.76. The van der Waals surface area contributed by atoms with Crippen LogP contribution in [0.15, 0.2) is 66.7 Å². The molecular weight excluding hydrogens is 273 g/mol. The van der Waals surface area contributed by atoms with Crippen molar-refractivity contribution in [2.45, 2.75) is 0 Å². The van der Waals surface area contributed by atoms with Crippen LogP contribution < -0.4 is 4.46 Å². The van der Waals surface area contributed by atoms with E-state index in [0.29, 0.717) is 0 Å². The summed E-state index contributed by atoms with van der Waals surface area (Å²) in [6, 6.07) is 22.5. The molecule has 82 valence electrons. The van der Waals surface area contributed by atoms with E-state index in [1.54, 1.807) is 6.08 Å². The molecule has 0 N–H and O–H groups in total. The molecule has 0 saturated carbocycles. The van der Waals surface area contributed by atoms with Crippen molar-refractivity contribution in [3.05, 3.63) is 72.3 Å². The van der Waals surface area contributed by atoms with E-state index < -0.39 is 0 Å². The molecule has 0 aromatic heterocycles. The van der Waals surface area contributed by atoms with Gasteiger partial charge in [-0.2, -0.15) is 0 Å². The van der Waals surface area contributed by atoms with Crippen molar-refractivity contribution in [3.63, 3.8) is 0 Å². The van der Waals surface area contributed by atoms with Crippen LogP contribution in [0.3, 0.4) is 0 Å². The van der Waals surface area contributed by atoms with Gasteiger partial charge in [0.2, 0.25) is 0 Å². The zero-order valence-corrected chi connectivity index (χ0v) is 10.9. The molecule has 0 spiro atoms. The topological polar surface area (TPSA) is 23.8 Å². The summed E-state index contributed by atoms with van der Waals surface area (Å²) in [5.41, 5.74) is 1.14. The Kier molecular flexibility index (Phi) is 4.16. The number of nitriles is 1. The van der Waals surface area contributed by atoms with Gasteiger partial charge in [-0.05, 0) is 0 Å². The molecule has 2 aromatic carbocycles. The Morgan fingerprint density at radius 2 is 1.53 bits per heavy atom. The molecule has 0 amide bonds. The standard InChI is InChI=1S/C15H11NSe/c16-12-11-15(13-7-3-1-4-8-13)17-14-9-5-2-6-10-14/h1-11H/b15-11-. The van der Waals surface area contributed by atoms with Crippen molar-refractivity contribution in [2.24, 2.45) is 0 Å². The number of rotatable bonds is 3. The third kappa shape index (κ3) is 3.32. The van der Waals surface area contributed by atoms with E-state index in [0.717, 1.165) is 10.0 Å². The average Bonchev–Trinajstić information content (AvgIpc) is 2.40. The molecule has 0 aliphatic rings. The zero-order chi connectivity index (χ0) is 11.9. The Bertz CT molecular complexity index is 538. The first kappa shape index (κ1) is 11.7. The summed E-state index contributed by atoms with van der Waals surface area (Å²) in [4.78, 5) is 0. The van der Waals surface area contributed by atoms with Gasteiger partial charge in [0.1, 0.15) is 0 Å². The van der Waals surface area contributed by atoms with Crippen molar-refractivity contribution in [3.8, 4) is 6.07 Å². The van der Waals surface area contributed by atoms with Gasteiger partial charge in [-0.15, -0.1) is 0 Å².